The lowest BCUT2D eigenvalue weighted by atomic mass is 9.96. The van der Waals surface area contributed by atoms with Crippen LogP contribution in [0.5, 0.6) is 0 Å². The molecule has 0 aliphatic heterocycles. The number of hydrogen-bond donors (Lipinski definition) is 2. The molecule has 1 amide bonds. The fourth-order valence-corrected chi connectivity index (χ4v) is 1.98. The molecule has 0 unspecified atom stereocenters. The van der Waals surface area contributed by atoms with Crippen LogP contribution in [0.1, 0.15) is 26.5 Å². The lowest BCUT2D eigenvalue weighted by Crippen LogP contribution is -2.27. The summed E-state index contributed by atoms with van der Waals surface area (Å²) in [5, 5.41) is 15.9. The lowest BCUT2D eigenvalue weighted by Gasteiger charge is -2.17. The van der Waals surface area contributed by atoms with E-state index >= 15 is 0 Å². The third kappa shape index (κ3) is 4.15. The molecule has 122 valence electrons. The first-order valence-corrected chi connectivity index (χ1v) is 7.19. The van der Waals surface area contributed by atoms with E-state index < -0.39 is 11.4 Å². The molecule has 2 heterocycles. The molecule has 0 bridgehead atoms. The molecule has 0 saturated heterocycles. The average molecular weight is 316 g/mol. The van der Waals surface area contributed by atoms with Gasteiger partial charge in [0.05, 0.1) is 12.1 Å². The van der Waals surface area contributed by atoms with Crippen molar-refractivity contribution in [2.75, 3.05) is 5.32 Å². The highest BCUT2D eigenvalue weighted by Crippen LogP contribution is 2.24. The van der Waals surface area contributed by atoms with Gasteiger partial charge in [-0.3, -0.25) is 14.3 Å². The average Bonchev–Trinajstić information content (AvgIpc) is 2.78. The fraction of sp³-hybridized carbons (Fsp3) is 0.375. The van der Waals surface area contributed by atoms with Crippen molar-refractivity contribution >= 4 is 17.7 Å². The Hall–Kier alpha value is -2.70. The number of aromatic nitrogens is 3. The Morgan fingerprint density at radius 3 is 2.52 bits per heavy atom. The number of nitrogens with zero attached hydrogens (tertiary/aromatic N) is 3. The summed E-state index contributed by atoms with van der Waals surface area (Å²) < 4.78 is 1.57. The molecule has 2 aromatic heterocycles. The van der Waals surface area contributed by atoms with Gasteiger partial charge in [-0.2, -0.15) is 5.10 Å². The van der Waals surface area contributed by atoms with Crippen LogP contribution in [0.2, 0.25) is 0 Å². The van der Waals surface area contributed by atoms with Gasteiger partial charge < -0.3 is 10.4 Å². The Morgan fingerprint density at radius 2 is 2.00 bits per heavy atom. The van der Waals surface area contributed by atoms with E-state index in [4.69, 9.17) is 5.11 Å². The maximum absolute atomic E-state index is 11.9. The number of hydrogen-bond acceptors (Lipinski definition) is 4. The van der Waals surface area contributed by atoms with Crippen LogP contribution in [0.3, 0.4) is 0 Å². The van der Waals surface area contributed by atoms with Crippen molar-refractivity contribution in [3.8, 4) is 11.1 Å². The van der Waals surface area contributed by atoms with E-state index in [0.717, 1.165) is 11.1 Å². The van der Waals surface area contributed by atoms with E-state index in [9.17, 15) is 9.59 Å². The van der Waals surface area contributed by atoms with E-state index in [1.54, 1.807) is 36.3 Å². The first-order valence-electron chi connectivity index (χ1n) is 7.19. The summed E-state index contributed by atoms with van der Waals surface area (Å²) in [7, 11) is 1.74. The number of nitrogens with one attached hydrogen (secondary N) is 1. The van der Waals surface area contributed by atoms with E-state index in [2.05, 4.69) is 15.4 Å². The molecule has 2 aromatic rings. The summed E-state index contributed by atoms with van der Waals surface area (Å²) in [6.45, 7) is 5.47. The lowest BCUT2D eigenvalue weighted by molar-refractivity contribution is -0.136. The zero-order valence-electron chi connectivity index (χ0n) is 13.6. The maximum atomic E-state index is 11.9. The number of carbonyl (C=O) groups excluding carboxylic acids is 1. The molecule has 0 spiro atoms. The van der Waals surface area contributed by atoms with E-state index in [1.165, 1.54) is 0 Å². The SMILES string of the molecule is Cn1cc(-c2ccc(NC(=O)C(C)(C)C)nc2)c(CC(=O)O)n1. The molecule has 0 saturated carbocycles. The van der Waals surface area contributed by atoms with Crippen LogP contribution in [-0.4, -0.2) is 31.7 Å². The molecule has 23 heavy (non-hydrogen) atoms. The molecule has 0 atom stereocenters. The van der Waals surface area contributed by atoms with Crippen molar-refractivity contribution in [1.82, 2.24) is 14.8 Å². The first kappa shape index (κ1) is 16.7. The zero-order chi connectivity index (χ0) is 17.2. The summed E-state index contributed by atoms with van der Waals surface area (Å²) in [5.74, 6) is -0.602. The van der Waals surface area contributed by atoms with Gasteiger partial charge in [0, 0.05) is 36.0 Å². The van der Waals surface area contributed by atoms with Crippen molar-refractivity contribution in [3.63, 3.8) is 0 Å². The summed E-state index contributed by atoms with van der Waals surface area (Å²) in [5.41, 5.74) is 1.45. The number of carboxylic acids is 1. The normalized spacial score (nSPS) is 11.3. The van der Waals surface area contributed by atoms with Crippen LogP contribution < -0.4 is 5.32 Å². The molecule has 0 aliphatic carbocycles. The quantitative estimate of drug-likeness (QED) is 0.900. The van der Waals surface area contributed by atoms with Crippen LogP contribution in [0, 0.1) is 5.41 Å². The van der Waals surface area contributed by atoms with Gasteiger partial charge in [-0.05, 0) is 12.1 Å². The summed E-state index contributed by atoms with van der Waals surface area (Å²) in [4.78, 5) is 27.1. The topological polar surface area (TPSA) is 97.1 Å². The minimum Gasteiger partial charge on any atom is -0.481 e. The fourth-order valence-electron chi connectivity index (χ4n) is 1.98. The van der Waals surface area contributed by atoms with Crippen LogP contribution in [0.4, 0.5) is 5.82 Å². The number of pyridine rings is 1. The van der Waals surface area contributed by atoms with Gasteiger partial charge in [0.25, 0.3) is 0 Å². The monoisotopic (exact) mass is 316 g/mol. The van der Waals surface area contributed by atoms with Crippen LogP contribution in [0.15, 0.2) is 24.5 Å². The van der Waals surface area contributed by atoms with Crippen molar-refractivity contribution in [1.29, 1.82) is 0 Å². The third-order valence-corrected chi connectivity index (χ3v) is 3.22. The first-order chi connectivity index (χ1) is 10.7. The van der Waals surface area contributed by atoms with Gasteiger partial charge in [-0.15, -0.1) is 0 Å². The van der Waals surface area contributed by atoms with Gasteiger partial charge in [-0.1, -0.05) is 20.8 Å². The largest absolute Gasteiger partial charge is 0.481 e. The van der Waals surface area contributed by atoms with Gasteiger partial charge >= 0.3 is 5.97 Å². The minimum atomic E-state index is -0.938. The third-order valence-electron chi connectivity index (χ3n) is 3.22. The second kappa shape index (κ2) is 6.20. The number of carbonyl (C=O) groups is 2. The summed E-state index contributed by atoms with van der Waals surface area (Å²) in [6, 6.07) is 3.48. The summed E-state index contributed by atoms with van der Waals surface area (Å²) >= 11 is 0. The van der Waals surface area contributed by atoms with Crippen molar-refractivity contribution in [2.45, 2.75) is 27.2 Å². The highest BCUT2D eigenvalue weighted by atomic mass is 16.4. The number of aliphatic carboxylic acids is 1. The Kier molecular flexibility index (Phi) is 4.49. The van der Waals surface area contributed by atoms with Crippen molar-refractivity contribution in [3.05, 3.63) is 30.2 Å². The van der Waals surface area contributed by atoms with Gasteiger partial charge in [0.15, 0.2) is 0 Å². The molecular weight excluding hydrogens is 296 g/mol. The zero-order valence-corrected chi connectivity index (χ0v) is 13.6. The Morgan fingerprint density at radius 1 is 1.30 bits per heavy atom. The van der Waals surface area contributed by atoms with Gasteiger partial charge in [0.1, 0.15) is 5.82 Å². The second-order valence-electron chi connectivity index (χ2n) is 6.37. The molecule has 2 N–H and O–H groups in total. The highest BCUT2D eigenvalue weighted by molar-refractivity contribution is 5.93. The molecular formula is C16H20N4O3. The van der Waals surface area contributed by atoms with Crippen LogP contribution in [0.25, 0.3) is 11.1 Å². The Labute approximate surface area is 134 Å². The predicted molar refractivity (Wildman–Crippen MR) is 85.9 cm³/mol. The molecule has 0 fully saturated rings. The molecule has 2 rings (SSSR count). The van der Waals surface area contributed by atoms with E-state index in [0.29, 0.717) is 11.5 Å². The highest BCUT2D eigenvalue weighted by Gasteiger charge is 2.21. The maximum Gasteiger partial charge on any atom is 0.309 e. The number of aryl methyl sites for hydroxylation is 1. The molecule has 7 nitrogen and oxygen atoms in total. The molecule has 0 radical (unpaired) electrons. The molecule has 7 heteroatoms. The Balaban J connectivity index is 2.23. The van der Waals surface area contributed by atoms with Crippen LogP contribution in [-0.2, 0) is 23.1 Å². The number of rotatable bonds is 4. The van der Waals surface area contributed by atoms with E-state index in [-0.39, 0.29) is 12.3 Å². The van der Waals surface area contributed by atoms with E-state index in [1.807, 2.05) is 20.8 Å². The smallest absolute Gasteiger partial charge is 0.309 e. The molecule has 0 aliphatic rings. The van der Waals surface area contributed by atoms with Crippen LogP contribution >= 0.6 is 0 Å². The number of amides is 1. The standard InChI is InChI=1S/C16H20N4O3/c1-16(2,3)15(23)18-13-6-5-10(8-17-13)11-9-20(4)19-12(11)7-14(21)22/h5-6,8-9H,7H2,1-4H3,(H,21,22)(H,17,18,23). The molecule has 0 aromatic carbocycles. The Bertz CT molecular complexity index is 727. The number of anilines is 1. The van der Waals surface area contributed by atoms with Crippen molar-refractivity contribution < 1.29 is 14.7 Å². The second-order valence-corrected chi connectivity index (χ2v) is 6.37. The number of carboxylic acid groups (broad SMARTS) is 1. The van der Waals surface area contributed by atoms with Crippen molar-refractivity contribution in [2.24, 2.45) is 12.5 Å². The van der Waals surface area contributed by atoms with Gasteiger partial charge in [0.2, 0.25) is 5.91 Å². The minimum absolute atomic E-state index is 0.120. The van der Waals surface area contributed by atoms with Gasteiger partial charge in [-0.25, -0.2) is 4.98 Å². The predicted octanol–water partition coefficient (Wildman–Crippen LogP) is 2.09. The summed E-state index contributed by atoms with van der Waals surface area (Å²) in [6.07, 6.45) is 3.20.